The highest BCUT2D eigenvalue weighted by Crippen LogP contribution is 2.36. The molecular formula is C22H38IN5O2S. The zero-order chi connectivity index (χ0) is 22.1. The number of hydrogen-bond donors (Lipinski definition) is 2. The molecule has 2 saturated heterocycles. The molecule has 2 atom stereocenters. The van der Waals surface area contributed by atoms with Crippen molar-refractivity contribution in [3.8, 4) is 0 Å². The lowest BCUT2D eigenvalue weighted by Gasteiger charge is -2.40. The number of fused-ring (bicyclic) bond motifs is 2. The van der Waals surface area contributed by atoms with Crippen molar-refractivity contribution in [1.82, 2.24) is 20.5 Å². The first kappa shape index (κ1) is 26.2. The second-order valence-electron chi connectivity index (χ2n) is 10.4. The SMILES string of the molecule is CN=C(NCc1nc(C(C)(C)C)cs1)NC1CC2CCC(C1)N2C(=O)OC(C)(C)C.I. The Kier molecular flexibility index (Phi) is 8.63. The van der Waals surface area contributed by atoms with Crippen molar-refractivity contribution in [2.75, 3.05) is 7.05 Å². The Morgan fingerprint density at radius 1 is 1.23 bits per heavy atom. The largest absolute Gasteiger partial charge is 0.444 e. The summed E-state index contributed by atoms with van der Waals surface area (Å²) < 4.78 is 5.63. The topological polar surface area (TPSA) is 78.9 Å². The molecule has 0 saturated carbocycles. The molecule has 2 N–H and O–H groups in total. The van der Waals surface area contributed by atoms with Crippen LogP contribution in [0.15, 0.2) is 10.4 Å². The van der Waals surface area contributed by atoms with Crippen molar-refractivity contribution in [2.45, 2.75) is 103 Å². The van der Waals surface area contributed by atoms with Crippen molar-refractivity contribution in [1.29, 1.82) is 0 Å². The lowest BCUT2D eigenvalue weighted by Crippen LogP contribution is -2.54. The number of piperidine rings is 1. The Balaban J connectivity index is 0.00000341. The Morgan fingerprint density at radius 3 is 2.32 bits per heavy atom. The van der Waals surface area contributed by atoms with Gasteiger partial charge in [0.2, 0.25) is 0 Å². The minimum absolute atomic E-state index is 0. The maximum absolute atomic E-state index is 12.6. The van der Waals surface area contributed by atoms with Gasteiger partial charge in [0, 0.05) is 36.0 Å². The molecule has 9 heteroatoms. The van der Waals surface area contributed by atoms with Crippen LogP contribution in [-0.2, 0) is 16.7 Å². The summed E-state index contributed by atoms with van der Waals surface area (Å²) in [6.45, 7) is 13.0. The fraction of sp³-hybridized carbons (Fsp3) is 0.773. The number of guanidine groups is 1. The molecule has 2 aliphatic rings. The predicted octanol–water partition coefficient (Wildman–Crippen LogP) is 4.65. The van der Waals surface area contributed by atoms with Gasteiger partial charge in [0.15, 0.2) is 5.96 Å². The number of rotatable bonds is 3. The summed E-state index contributed by atoms with van der Waals surface area (Å²) in [6, 6.07) is 0.777. The second-order valence-corrected chi connectivity index (χ2v) is 11.3. The molecule has 1 aromatic rings. The molecule has 1 amide bonds. The zero-order valence-electron chi connectivity index (χ0n) is 19.8. The van der Waals surface area contributed by atoms with Crippen LogP contribution in [0.1, 0.15) is 77.9 Å². The van der Waals surface area contributed by atoms with Crippen LogP contribution in [0, 0.1) is 0 Å². The number of nitrogens with zero attached hydrogens (tertiary/aromatic N) is 3. The van der Waals surface area contributed by atoms with Gasteiger partial charge in [-0.15, -0.1) is 35.3 Å². The van der Waals surface area contributed by atoms with E-state index in [1.807, 2.05) is 25.7 Å². The Morgan fingerprint density at radius 2 is 1.84 bits per heavy atom. The Bertz CT molecular complexity index is 770. The first-order valence-corrected chi connectivity index (χ1v) is 11.8. The summed E-state index contributed by atoms with van der Waals surface area (Å²) in [7, 11) is 1.79. The van der Waals surface area contributed by atoms with Gasteiger partial charge in [-0.25, -0.2) is 9.78 Å². The third-order valence-electron chi connectivity index (χ3n) is 5.63. The Labute approximate surface area is 207 Å². The molecule has 2 bridgehead atoms. The fourth-order valence-electron chi connectivity index (χ4n) is 4.19. The maximum atomic E-state index is 12.6. The minimum atomic E-state index is -0.458. The molecular weight excluding hydrogens is 525 g/mol. The highest BCUT2D eigenvalue weighted by Gasteiger charge is 2.45. The van der Waals surface area contributed by atoms with Gasteiger partial charge in [-0.2, -0.15) is 0 Å². The summed E-state index contributed by atoms with van der Waals surface area (Å²) in [4.78, 5) is 23.7. The third kappa shape index (κ3) is 6.94. The van der Waals surface area contributed by atoms with Crippen molar-refractivity contribution in [3.63, 3.8) is 0 Å². The lowest BCUT2D eigenvalue weighted by atomic mass is 9.93. The average Bonchev–Trinajstić information content (AvgIpc) is 3.20. The van der Waals surface area contributed by atoms with Crippen molar-refractivity contribution in [3.05, 3.63) is 16.1 Å². The molecule has 0 aromatic carbocycles. The van der Waals surface area contributed by atoms with Crippen LogP contribution in [0.5, 0.6) is 0 Å². The van der Waals surface area contributed by atoms with Crippen LogP contribution in [0.2, 0.25) is 0 Å². The summed E-state index contributed by atoms with van der Waals surface area (Å²) in [5.41, 5.74) is 0.731. The maximum Gasteiger partial charge on any atom is 0.410 e. The summed E-state index contributed by atoms with van der Waals surface area (Å²) in [6.07, 6.45) is 3.75. The standard InChI is InChI=1S/C22H37N5O2S.HI/c1-21(2,3)17-13-30-18(26-17)12-24-19(23-7)25-14-10-15-8-9-16(11-14)27(15)20(28)29-22(4,5)6;/h13-16H,8-12H2,1-7H3,(H2,23,24,25);1H. The number of hydrogen-bond acceptors (Lipinski definition) is 5. The predicted molar refractivity (Wildman–Crippen MR) is 137 cm³/mol. The van der Waals surface area contributed by atoms with Crippen LogP contribution < -0.4 is 10.6 Å². The quantitative estimate of drug-likeness (QED) is 0.318. The van der Waals surface area contributed by atoms with E-state index >= 15 is 0 Å². The molecule has 31 heavy (non-hydrogen) atoms. The van der Waals surface area contributed by atoms with Crippen molar-refractivity contribution < 1.29 is 9.53 Å². The molecule has 2 aliphatic heterocycles. The third-order valence-corrected chi connectivity index (χ3v) is 6.48. The average molecular weight is 564 g/mol. The number of amides is 1. The highest BCUT2D eigenvalue weighted by atomic mass is 127. The van der Waals surface area contributed by atoms with E-state index in [-0.39, 0.29) is 47.6 Å². The molecule has 3 rings (SSSR count). The van der Waals surface area contributed by atoms with E-state index in [2.05, 4.69) is 41.8 Å². The highest BCUT2D eigenvalue weighted by molar-refractivity contribution is 14.0. The van der Waals surface area contributed by atoms with E-state index in [1.165, 1.54) is 0 Å². The monoisotopic (exact) mass is 563 g/mol. The van der Waals surface area contributed by atoms with Crippen LogP contribution in [-0.4, -0.2) is 52.7 Å². The van der Waals surface area contributed by atoms with Crippen molar-refractivity contribution in [2.24, 2.45) is 4.99 Å². The molecule has 2 unspecified atom stereocenters. The van der Waals surface area contributed by atoms with Gasteiger partial charge in [0.05, 0.1) is 12.2 Å². The van der Waals surface area contributed by atoms with E-state index in [4.69, 9.17) is 9.72 Å². The summed E-state index contributed by atoms with van der Waals surface area (Å²) >= 11 is 1.68. The zero-order valence-corrected chi connectivity index (χ0v) is 23.0. The number of carbonyl (C=O) groups excluding carboxylic acids is 1. The van der Waals surface area contributed by atoms with Crippen LogP contribution >= 0.6 is 35.3 Å². The molecule has 7 nitrogen and oxygen atoms in total. The number of thiazole rings is 1. The summed E-state index contributed by atoms with van der Waals surface area (Å²) in [5, 5.41) is 10.1. The van der Waals surface area contributed by atoms with Crippen LogP contribution in [0.25, 0.3) is 0 Å². The van der Waals surface area contributed by atoms with Gasteiger partial charge in [0.25, 0.3) is 0 Å². The molecule has 0 spiro atoms. The van der Waals surface area contributed by atoms with E-state index in [1.54, 1.807) is 18.4 Å². The number of aromatic nitrogens is 1. The molecule has 1 aromatic heterocycles. The summed E-state index contributed by atoms with van der Waals surface area (Å²) in [5.74, 6) is 0.789. The van der Waals surface area contributed by atoms with E-state index in [0.717, 1.165) is 42.3 Å². The van der Waals surface area contributed by atoms with Gasteiger partial charge in [-0.05, 0) is 46.5 Å². The van der Waals surface area contributed by atoms with Crippen molar-refractivity contribution >= 4 is 47.4 Å². The van der Waals surface area contributed by atoms with E-state index in [9.17, 15) is 4.79 Å². The number of halogens is 1. The molecule has 176 valence electrons. The van der Waals surface area contributed by atoms with E-state index < -0.39 is 5.60 Å². The normalized spacial score (nSPS) is 23.9. The van der Waals surface area contributed by atoms with Gasteiger partial charge in [-0.1, -0.05) is 20.8 Å². The van der Waals surface area contributed by atoms with Crippen LogP contribution in [0.4, 0.5) is 4.79 Å². The fourth-order valence-corrected chi connectivity index (χ4v) is 5.15. The number of nitrogens with one attached hydrogen (secondary N) is 2. The number of aliphatic imine (C=N–C) groups is 1. The molecule has 3 heterocycles. The lowest BCUT2D eigenvalue weighted by molar-refractivity contribution is 0.00545. The van der Waals surface area contributed by atoms with Gasteiger partial charge in [0.1, 0.15) is 10.6 Å². The van der Waals surface area contributed by atoms with Gasteiger partial charge in [-0.3, -0.25) is 4.99 Å². The van der Waals surface area contributed by atoms with E-state index in [0.29, 0.717) is 12.6 Å². The molecule has 2 fully saturated rings. The Hall–Kier alpha value is -1.10. The first-order valence-electron chi connectivity index (χ1n) is 10.9. The second kappa shape index (κ2) is 10.2. The minimum Gasteiger partial charge on any atom is -0.444 e. The molecule has 0 aliphatic carbocycles. The van der Waals surface area contributed by atoms with Gasteiger partial charge >= 0.3 is 6.09 Å². The van der Waals surface area contributed by atoms with Gasteiger partial charge < -0.3 is 20.3 Å². The molecule has 0 radical (unpaired) electrons. The first-order chi connectivity index (χ1) is 14.0. The number of ether oxygens (including phenoxy) is 1. The van der Waals surface area contributed by atoms with Crippen LogP contribution in [0.3, 0.4) is 0 Å². The smallest absolute Gasteiger partial charge is 0.410 e. The number of carbonyl (C=O) groups is 1.